The molecule has 0 unspecified atom stereocenters. The van der Waals surface area contributed by atoms with Crippen LogP contribution in [0.4, 0.5) is 8.78 Å². The lowest BCUT2D eigenvalue weighted by Gasteiger charge is -2.15. The lowest BCUT2D eigenvalue weighted by molar-refractivity contribution is 0.583. The first-order valence-corrected chi connectivity index (χ1v) is 11.3. The number of para-hydroxylation sites is 1. The summed E-state index contributed by atoms with van der Waals surface area (Å²) in [6.45, 7) is 0. The van der Waals surface area contributed by atoms with Gasteiger partial charge in [-0.1, -0.05) is 29.3 Å². The molecule has 2 aromatic heterocycles. The van der Waals surface area contributed by atoms with Crippen LogP contribution >= 0.6 is 23.2 Å². The zero-order chi connectivity index (χ0) is 22.5. The average molecular weight is 482 g/mol. The van der Waals surface area contributed by atoms with Gasteiger partial charge >= 0.3 is 0 Å². The first-order valence-electron chi connectivity index (χ1n) is 8.61. The van der Waals surface area contributed by atoms with Crippen LogP contribution in [0, 0.1) is 11.6 Å². The zero-order valence-corrected chi connectivity index (χ0v) is 17.9. The van der Waals surface area contributed by atoms with Gasteiger partial charge in [-0.05, 0) is 30.3 Å². The molecule has 0 amide bonds. The maximum Gasteiger partial charge on any atom is 0.256 e. The molecular formula is C20H11Cl2F2N3O3S. The van der Waals surface area contributed by atoms with Crippen molar-refractivity contribution in [2.75, 3.05) is 6.26 Å². The summed E-state index contributed by atoms with van der Waals surface area (Å²) >= 11 is 12.5. The maximum atomic E-state index is 14.6. The van der Waals surface area contributed by atoms with E-state index in [1.54, 1.807) is 6.07 Å². The fourth-order valence-electron chi connectivity index (χ4n) is 3.07. The van der Waals surface area contributed by atoms with Crippen molar-refractivity contribution in [3.05, 3.63) is 80.6 Å². The third-order valence-corrected chi connectivity index (χ3v) is 5.86. The van der Waals surface area contributed by atoms with Crippen LogP contribution in [-0.4, -0.2) is 29.2 Å². The number of hydrogen-bond acceptors (Lipinski definition) is 5. The molecule has 0 atom stereocenters. The molecule has 158 valence electrons. The molecule has 4 aromatic rings. The Kier molecular flexibility index (Phi) is 5.28. The van der Waals surface area contributed by atoms with Crippen LogP contribution in [0.2, 0.25) is 10.0 Å². The van der Waals surface area contributed by atoms with Gasteiger partial charge in [0.1, 0.15) is 11.6 Å². The predicted molar refractivity (Wildman–Crippen MR) is 114 cm³/mol. The van der Waals surface area contributed by atoms with Gasteiger partial charge in [0.15, 0.2) is 5.65 Å². The first-order chi connectivity index (χ1) is 14.6. The van der Waals surface area contributed by atoms with Crippen molar-refractivity contribution in [3.8, 4) is 16.9 Å². The van der Waals surface area contributed by atoms with Gasteiger partial charge in [0.25, 0.3) is 5.56 Å². The quantitative estimate of drug-likeness (QED) is 0.404. The summed E-state index contributed by atoms with van der Waals surface area (Å²) in [5.74, 6) is -1.78. The number of nitrogens with zero attached hydrogens (tertiary/aromatic N) is 3. The number of rotatable bonds is 3. The molecule has 0 aliphatic rings. The van der Waals surface area contributed by atoms with Crippen molar-refractivity contribution >= 4 is 44.1 Å². The Bertz CT molecular complexity index is 1520. The lowest BCUT2D eigenvalue weighted by atomic mass is 10.1. The summed E-state index contributed by atoms with van der Waals surface area (Å²) in [5, 5.41) is -0.304. The zero-order valence-electron chi connectivity index (χ0n) is 15.6. The average Bonchev–Trinajstić information content (AvgIpc) is 2.68. The Balaban J connectivity index is 2.23. The van der Waals surface area contributed by atoms with Gasteiger partial charge in [-0.2, -0.15) is 4.98 Å². The second-order valence-corrected chi connectivity index (χ2v) is 9.29. The number of sulfone groups is 1. The van der Waals surface area contributed by atoms with E-state index < -0.39 is 32.2 Å². The summed E-state index contributed by atoms with van der Waals surface area (Å²) in [4.78, 5) is 20.8. The molecule has 0 radical (unpaired) electrons. The molecule has 0 aliphatic carbocycles. The topological polar surface area (TPSA) is 81.9 Å². The van der Waals surface area contributed by atoms with Crippen molar-refractivity contribution in [1.29, 1.82) is 0 Å². The number of aromatic nitrogens is 3. The summed E-state index contributed by atoms with van der Waals surface area (Å²) in [6.07, 6.45) is 0.868. The van der Waals surface area contributed by atoms with Crippen molar-refractivity contribution in [2.24, 2.45) is 0 Å². The third-order valence-electron chi connectivity index (χ3n) is 4.41. The van der Waals surface area contributed by atoms with E-state index in [1.165, 1.54) is 18.2 Å². The molecule has 0 aliphatic heterocycles. The molecule has 4 rings (SSSR count). The SMILES string of the molecule is CS(=O)(=O)c1nc(-c2ccc(F)cc2F)c2ccc(=O)n(-c3c(Cl)cccc3Cl)c2n1. The van der Waals surface area contributed by atoms with E-state index in [9.17, 15) is 22.0 Å². The Hall–Kier alpha value is -2.88. The summed E-state index contributed by atoms with van der Waals surface area (Å²) < 4.78 is 53.5. The van der Waals surface area contributed by atoms with Gasteiger partial charge < -0.3 is 0 Å². The van der Waals surface area contributed by atoms with Gasteiger partial charge in [0, 0.05) is 29.3 Å². The highest BCUT2D eigenvalue weighted by atomic mass is 35.5. The van der Waals surface area contributed by atoms with Crippen LogP contribution in [0.3, 0.4) is 0 Å². The molecule has 0 fully saturated rings. The second-order valence-electron chi connectivity index (χ2n) is 6.57. The van der Waals surface area contributed by atoms with E-state index in [0.29, 0.717) is 6.07 Å². The highest BCUT2D eigenvalue weighted by Crippen LogP contribution is 2.33. The Morgan fingerprint density at radius 3 is 2.26 bits per heavy atom. The van der Waals surface area contributed by atoms with Gasteiger partial charge in [-0.3, -0.25) is 9.36 Å². The van der Waals surface area contributed by atoms with Gasteiger partial charge in [0.05, 0.1) is 21.4 Å². The molecule has 2 aromatic carbocycles. The molecule has 0 saturated heterocycles. The van der Waals surface area contributed by atoms with E-state index in [4.69, 9.17) is 23.2 Å². The smallest absolute Gasteiger partial charge is 0.256 e. The van der Waals surface area contributed by atoms with Gasteiger partial charge in [-0.25, -0.2) is 22.2 Å². The standard InChI is InChI=1S/C20H11Cl2F2N3O3S/c1-31(29,30)20-25-17(11-6-5-10(23)9-15(11)24)12-7-8-16(28)27(19(12)26-20)18-13(21)3-2-4-14(18)22/h2-9H,1H3. The highest BCUT2D eigenvalue weighted by molar-refractivity contribution is 7.90. The second kappa shape index (κ2) is 7.67. The van der Waals surface area contributed by atoms with E-state index in [0.717, 1.165) is 29.0 Å². The molecule has 0 bridgehead atoms. The minimum atomic E-state index is -3.98. The minimum Gasteiger partial charge on any atom is -0.269 e. The first kappa shape index (κ1) is 21.4. The fourth-order valence-corrected chi connectivity index (χ4v) is 4.14. The normalized spacial score (nSPS) is 11.8. The van der Waals surface area contributed by atoms with Crippen LogP contribution in [-0.2, 0) is 9.84 Å². The van der Waals surface area contributed by atoms with Crippen molar-refractivity contribution in [2.45, 2.75) is 5.16 Å². The van der Waals surface area contributed by atoms with Crippen molar-refractivity contribution < 1.29 is 17.2 Å². The molecule has 6 nitrogen and oxygen atoms in total. The van der Waals surface area contributed by atoms with E-state index in [1.807, 2.05) is 0 Å². The monoisotopic (exact) mass is 481 g/mol. The number of benzene rings is 2. The van der Waals surface area contributed by atoms with Crippen LogP contribution in [0.15, 0.2) is 58.5 Å². The molecule has 0 spiro atoms. The molecule has 0 N–H and O–H groups in total. The number of pyridine rings is 1. The van der Waals surface area contributed by atoms with Crippen LogP contribution < -0.4 is 5.56 Å². The summed E-state index contributed by atoms with van der Waals surface area (Å²) in [5.41, 5.74) is -0.998. The number of halogens is 4. The third kappa shape index (κ3) is 3.80. The lowest BCUT2D eigenvalue weighted by Crippen LogP contribution is -2.20. The van der Waals surface area contributed by atoms with Gasteiger partial charge in [0.2, 0.25) is 15.0 Å². The molecule has 11 heteroatoms. The number of fused-ring (bicyclic) bond motifs is 1. The highest BCUT2D eigenvalue weighted by Gasteiger charge is 2.23. The Labute approximate surface area is 184 Å². The predicted octanol–water partition coefficient (Wildman–Crippen LogP) is 4.44. The number of hydrogen-bond donors (Lipinski definition) is 0. The van der Waals surface area contributed by atoms with Crippen molar-refractivity contribution in [1.82, 2.24) is 14.5 Å². The summed E-state index contributed by atoms with van der Waals surface area (Å²) in [6, 6.07) is 9.81. The van der Waals surface area contributed by atoms with Crippen LogP contribution in [0.25, 0.3) is 28.0 Å². The van der Waals surface area contributed by atoms with E-state index in [2.05, 4.69) is 9.97 Å². The minimum absolute atomic E-state index is 0.0742. The summed E-state index contributed by atoms with van der Waals surface area (Å²) in [7, 11) is -3.98. The maximum absolute atomic E-state index is 14.6. The van der Waals surface area contributed by atoms with Crippen LogP contribution in [0.5, 0.6) is 0 Å². The largest absolute Gasteiger partial charge is 0.269 e. The van der Waals surface area contributed by atoms with Crippen molar-refractivity contribution in [3.63, 3.8) is 0 Å². The fraction of sp³-hybridized carbons (Fsp3) is 0.0500. The van der Waals surface area contributed by atoms with E-state index in [-0.39, 0.29) is 38.0 Å². The molecule has 2 heterocycles. The molecule has 0 saturated carbocycles. The van der Waals surface area contributed by atoms with Crippen LogP contribution in [0.1, 0.15) is 0 Å². The Morgan fingerprint density at radius 2 is 1.65 bits per heavy atom. The van der Waals surface area contributed by atoms with E-state index >= 15 is 0 Å². The molecule has 31 heavy (non-hydrogen) atoms. The van der Waals surface area contributed by atoms with Gasteiger partial charge in [-0.15, -0.1) is 0 Å². The Morgan fingerprint density at radius 1 is 0.968 bits per heavy atom. The molecular weight excluding hydrogens is 471 g/mol.